The Kier molecular flexibility index (Phi) is 4.30. The maximum absolute atomic E-state index is 10.9. The molecule has 1 amide bonds. The lowest BCUT2D eigenvalue weighted by Gasteiger charge is -2.09. The third-order valence-corrected chi connectivity index (χ3v) is 2.96. The number of carbonyl (C=O) groups excluding carboxylic acids is 1. The number of nitrogens with one attached hydrogen (secondary N) is 2. The minimum absolute atomic E-state index is 0.0959. The average Bonchev–Trinajstić information content (AvgIpc) is 2.34. The van der Waals surface area contributed by atoms with Gasteiger partial charge in [-0.3, -0.25) is 4.79 Å². The summed E-state index contributed by atoms with van der Waals surface area (Å²) in [5.74, 6) is -0.0959. The van der Waals surface area contributed by atoms with Crippen molar-refractivity contribution in [3.63, 3.8) is 0 Å². The van der Waals surface area contributed by atoms with Gasteiger partial charge in [0.05, 0.1) is 10.7 Å². The van der Waals surface area contributed by atoms with Gasteiger partial charge in [-0.2, -0.15) is 0 Å². The van der Waals surface area contributed by atoms with Crippen molar-refractivity contribution >= 4 is 46.2 Å². The summed E-state index contributed by atoms with van der Waals surface area (Å²) in [5.41, 5.74) is 2.40. The Morgan fingerprint density at radius 2 is 1.63 bits per heavy atom. The molecule has 19 heavy (non-hydrogen) atoms. The summed E-state index contributed by atoms with van der Waals surface area (Å²) in [6.45, 7) is 1.47. The number of carbonyl (C=O) groups is 1. The molecule has 0 radical (unpaired) electrons. The topological polar surface area (TPSA) is 41.1 Å². The molecule has 0 aliphatic rings. The smallest absolute Gasteiger partial charge is 0.221 e. The van der Waals surface area contributed by atoms with Gasteiger partial charge in [-0.25, -0.2) is 0 Å². The lowest BCUT2D eigenvalue weighted by Crippen LogP contribution is -2.05. The first kappa shape index (κ1) is 13.7. The molecule has 0 unspecified atom stereocenters. The normalized spacial score (nSPS) is 10.1. The van der Waals surface area contributed by atoms with Gasteiger partial charge in [-0.15, -0.1) is 0 Å². The zero-order valence-electron chi connectivity index (χ0n) is 10.2. The molecule has 2 rings (SSSR count). The second kappa shape index (κ2) is 5.95. The van der Waals surface area contributed by atoms with Crippen LogP contribution in [-0.4, -0.2) is 5.91 Å². The number of hydrogen-bond donors (Lipinski definition) is 2. The first-order valence-electron chi connectivity index (χ1n) is 5.64. The van der Waals surface area contributed by atoms with Gasteiger partial charge in [-0.05, 0) is 42.5 Å². The number of benzene rings is 2. The van der Waals surface area contributed by atoms with Crippen LogP contribution in [0, 0.1) is 0 Å². The van der Waals surface area contributed by atoms with Crippen LogP contribution in [0.25, 0.3) is 0 Å². The van der Waals surface area contributed by atoms with E-state index in [0.717, 1.165) is 17.1 Å². The van der Waals surface area contributed by atoms with Gasteiger partial charge in [0.15, 0.2) is 0 Å². The van der Waals surface area contributed by atoms with Crippen LogP contribution in [0.1, 0.15) is 6.92 Å². The van der Waals surface area contributed by atoms with Crippen molar-refractivity contribution < 1.29 is 4.79 Å². The van der Waals surface area contributed by atoms with E-state index >= 15 is 0 Å². The number of amides is 1. The lowest BCUT2D eigenvalue weighted by atomic mass is 10.2. The van der Waals surface area contributed by atoms with E-state index in [2.05, 4.69) is 10.6 Å². The third kappa shape index (κ3) is 3.88. The molecular formula is C14H12Cl2N2O. The Bertz CT molecular complexity index is 597. The fraction of sp³-hybridized carbons (Fsp3) is 0.0714. The summed E-state index contributed by atoms with van der Waals surface area (Å²) in [5, 5.41) is 7.03. The van der Waals surface area contributed by atoms with Crippen LogP contribution in [0.3, 0.4) is 0 Å². The van der Waals surface area contributed by atoms with Crippen molar-refractivity contribution in [3.8, 4) is 0 Å². The molecule has 5 heteroatoms. The van der Waals surface area contributed by atoms with Crippen LogP contribution in [0.15, 0.2) is 42.5 Å². The van der Waals surface area contributed by atoms with Gasteiger partial charge in [0.2, 0.25) is 5.91 Å². The van der Waals surface area contributed by atoms with Crippen LogP contribution in [0.4, 0.5) is 17.1 Å². The van der Waals surface area contributed by atoms with Crippen molar-refractivity contribution in [2.75, 3.05) is 10.6 Å². The van der Waals surface area contributed by atoms with E-state index in [9.17, 15) is 4.79 Å². The largest absolute Gasteiger partial charge is 0.354 e. The van der Waals surface area contributed by atoms with E-state index in [0.29, 0.717) is 10.0 Å². The molecule has 0 saturated heterocycles. The summed E-state index contributed by atoms with van der Waals surface area (Å²) in [7, 11) is 0. The lowest BCUT2D eigenvalue weighted by molar-refractivity contribution is -0.114. The second-order valence-electron chi connectivity index (χ2n) is 4.01. The quantitative estimate of drug-likeness (QED) is 0.862. The predicted octanol–water partition coefficient (Wildman–Crippen LogP) is 4.70. The zero-order valence-corrected chi connectivity index (χ0v) is 11.7. The highest BCUT2D eigenvalue weighted by Crippen LogP contribution is 2.28. The molecule has 0 spiro atoms. The minimum atomic E-state index is -0.0959. The monoisotopic (exact) mass is 294 g/mol. The molecule has 0 aliphatic carbocycles. The fourth-order valence-corrected chi connectivity index (χ4v) is 2.04. The van der Waals surface area contributed by atoms with Crippen LogP contribution in [-0.2, 0) is 4.79 Å². The highest BCUT2D eigenvalue weighted by Gasteiger charge is 2.02. The highest BCUT2D eigenvalue weighted by molar-refractivity contribution is 6.36. The van der Waals surface area contributed by atoms with Crippen molar-refractivity contribution in [2.24, 2.45) is 0 Å². The summed E-state index contributed by atoms with van der Waals surface area (Å²) in [4.78, 5) is 10.9. The maximum Gasteiger partial charge on any atom is 0.221 e. The number of hydrogen-bond acceptors (Lipinski definition) is 2. The Balaban J connectivity index is 2.13. The minimum Gasteiger partial charge on any atom is -0.354 e. The Hall–Kier alpha value is -1.71. The first-order chi connectivity index (χ1) is 9.04. The van der Waals surface area contributed by atoms with E-state index in [1.165, 1.54) is 6.92 Å². The van der Waals surface area contributed by atoms with E-state index in [4.69, 9.17) is 23.2 Å². The van der Waals surface area contributed by atoms with Crippen molar-refractivity contribution in [3.05, 3.63) is 52.5 Å². The van der Waals surface area contributed by atoms with E-state index in [-0.39, 0.29) is 5.91 Å². The Morgan fingerprint density at radius 1 is 1.00 bits per heavy atom. The molecule has 0 bridgehead atoms. The summed E-state index contributed by atoms with van der Waals surface area (Å²) < 4.78 is 0. The molecular weight excluding hydrogens is 283 g/mol. The van der Waals surface area contributed by atoms with Crippen LogP contribution in [0.2, 0.25) is 10.0 Å². The molecule has 0 heterocycles. The second-order valence-corrected chi connectivity index (χ2v) is 4.85. The number of rotatable bonds is 3. The predicted molar refractivity (Wildman–Crippen MR) is 80.5 cm³/mol. The summed E-state index contributed by atoms with van der Waals surface area (Å²) in [6.07, 6.45) is 0. The molecule has 2 aromatic rings. The molecule has 2 aromatic carbocycles. The van der Waals surface area contributed by atoms with Crippen molar-refractivity contribution in [1.82, 2.24) is 0 Å². The van der Waals surface area contributed by atoms with Gasteiger partial charge in [0, 0.05) is 23.3 Å². The number of anilines is 3. The summed E-state index contributed by atoms with van der Waals surface area (Å²) >= 11 is 11.9. The summed E-state index contributed by atoms with van der Waals surface area (Å²) in [6, 6.07) is 12.6. The number of halogens is 2. The van der Waals surface area contributed by atoms with Gasteiger partial charge in [-0.1, -0.05) is 23.2 Å². The van der Waals surface area contributed by atoms with E-state index in [1.54, 1.807) is 12.1 Å². The van der Waals surface area contributed by atoms with Crippen LogP contribution >= 0.6 is 23.2 Å². The third-order valence-electron chi connectivity index (χ3n) is 2.42. The SMILES string of the molecule is CC(=O)Nc1ccc(Nc2ccc(Cl)cc2Cl)cc1. The molecule has 0 fully saturated rings. The van der Waals surface area contributed by atoms with Crippen LogP contribution in [0.5, 0.6) is 0 Å². The van der Waals surface area contributed by atoms with Crippen molar-refractivity contribution in [1.29, 1.82) is 0 Å². The zero-order chi connectivity index (χ0) is 13.8. The standard InChI is InChI=1S/C14H12Cl2N2O/c1-9(19)17-11-3-5-12(6-4-11)18-14-7-2-10(15)8-13(14)16/h2-8,18H,1H3,(H,17,19). The average molecular weight is 295 g/mol. The molecule has 0 atom stereocenters. The Morgan fingerprint density at radius 3 is 2.21 bits per heavy atom. The molecule has 0 aliphatic heterocycles. The van der Waals surface area contributed by atoms with E-state index < -0.39 is 0 Å². The van der Waals surface area contributed by atoms with Crippen molar-refractivity contribution in [2.45, 2.75) is 6.92 Å². The van der Waals surface area contributed by atoms with Gasteiger partial charge < -0.3 is 10.6 Å². The Labute approximate surface area is 121 Å². The fourth-order valence-electron chi connectivity index (χ4n) is 1.59. The molecule has 0 saturated carbocycles. The molecule has 98 valence electrons. The molecule has 3 nitrogen and oxygen atoms in total. The first-order valence-corrected chi connectivity index (χ1v) is 6.40. The highest BCUT2D eigenvalue weighted by atomic mass is 35.5. The van der Waals surface area contributed by atoms with E-state index in [1.807, 2.05) is 30.3 Å². The molecule has 2 N–H and O–H groups in total. The van der Waals surface area contributed by atoms with Gasteiger partial charge in [0.25, 0.3) is 0 Å². The van der Waals surface area contributed by atoms with Gasteiger partial charge in [0.1, 0.15) is 0 Å². The van der Waals surface area contributed by atoms with Crippen LogP contribution < -0.4 is 10.6 Å². The maximum atomic E-state index is 10.9. The molecule has 0 aromatic heterocycles. The van der Waals surface area contributed by atoms with Gasteiger partial charge >= 0.3 is 0 Å².